The number of benzene rings is 1. The van der Waals surface area contributed by atoms with E-state index in [1.165, 1.54) is 0 Å². The van der Waals surface area contributed by atoms with Gasteiger partial charge in [-0.05, 0) is 43.7 Å². The van der Waals surface area contributed by atoms with Crippen molar-refractivity contribution in [2.75, 3.05) is 11.9 Å². The minimum Gasteiger partial charge on any atom is -0.462 e. The average Bonchev–Trinajstić information content (AvgIpc) is 2.47. The van der Waals surface area contributed by atoms with Crippen LogP contribution in [0.3, 0.4) is 0 Å². The largest absolute Gasteiger partial charge is 0.462 e. The lowest BCUT2D eigenvalue weighted by atomic mass is 10.2. The first-order valence-electron chi connectivity index (χ1n) is 6.61. The molecule has 0 atom stereocenters. The van der Waals surface area contributed by atoms with Crippen LogP contribution in [0.25, 0.3) is 0 Å². The zero-order valence-electron chi connectivity index (χ0n) is 11.7. The monoisotopic (exact) mass is 270 g/mol. The number of pyridine rings is 1. The van der Waals surface area contributed by atoms with Crippen LogP contribution >= 0.6 is 0 Å². The molecule has 0 aliphatic heterocycles. The van der Waals surface area contributed by atoms with Crippen LogP contribution in [-0.4, -0.2) is 17.6 Å². The summed E-state index contributed by atoms with van der Waals surface area (Å²) in [5, 5.41) is 3.27. The summed E-state index contributed by atoms with van der Waals surface area (Å²) in [6, 6.07) is 11.3. The number of carbonyl (C=O) groups is 1. The van der Waals surface area contributed by atoms with Gasteiger partial charge in [-0.2, -0.15) is 0 Å². The van der Waals surface area contributed by atoms with E-state index in [1.807, 2.05) is 37.4 Å². The summed E-state index contributed by atoms with van der Waals surface area (Å²) in [5.41, 5.74) is 3.53. The smallest absolute Gasteiger partial charge is 0.338 e. The Morgan fingerprint density at radius 1 is 1.30 bits per heavy atom. The van der Waals surface area contributed by atoms with Gasteiger partial charge < -0.3 is 10.1 Å². The van der Waals surface area contributed by atoms with Crippen molar-refractivity contribution in [3.8, 4) is 0 Å². The molecule has 1 aromatic heterocycles. The van der Waals surface area contributed by atoms with Crippen LogP contribution in [0.15, 0.2) is 42.6 Å². The van der Waals surface area contributed by atoms with E-state index in [0.29, 0.717) is 18.7 Å². The Hall–Kier alpha value is -2.36. The van der Waals surface area contributed by atoms with Crippen molar-refractivity contribution in [2.45, 2.75) is 20.4 Å². The zero-order chi connectivity index (χ0) is 14.4. The predicted molar refractivity (Wildman–Crippen MR) is 78.7 cm³/mol. The van der Waals surface area contributed by atoms with Gasteiger partial charge in [-0.15, -0.1) is 0 Å². The molecule has 2 rings (SSSR count). The molecule has 2 aromatic rings. The summed E-state index contributed by atoms with van der Waals surface area (Å²) in [7, 11) is 0. The number of anilines is 1. The fourth-order valence-corrected chi connectivity index (χ4v) is 1.78. The Balaban J connectivity index is 2.01. The number of aromatic nitrogens is 1. The molecule has 0 fully saturated rings. The summed E-state index contributed by atoms with van der Waals surface area (Å²) in [5.74, 6) is -0.298. The number of aryl methyl sites for hydroxylation is 1. The quantitative estimate of drug-likeness (QED) is 0.848. The highest BCUT2D eigenvalue weighted by Gasteiger charge is 2.06. The molecule has 4 nitrogen and oxygen atoms in total. The van der Waals surface area contributed by atoms with E-state index in [0.717, 1.165) is 16.9 Å². The molecule has 20 heavy (non-hydrogen) atoms. The van der Waals surface area contributed by atoms with E-state index in [2.05, 4.69) is 10.3 Å². The summed E-state index contributed by atoms with van der Waals surface area (Å²) < 4.78 is 4.98. The molecule has 0 saturated heterocycles. The Morgan fingerprint density at radius 3 is 2.85 bits per heavy atom. The average molecular weight is 270 g/mol. The molecular weight excluding hydrogens is 252 g/mol. The number of nitrogens with zero attached hydrogens (tertiary/aromatic N) is 1. The Morgan fingerprint density at radius 2 is 2.15 bits per heavy atom. The summed E-state index contributed by atoms with van der Waals surface area (Å²) in [4.78, 5) is 15.9. The highest BCUT2D eigenvalue weighted by Crippen LogP contribution is 2.13. The van der Waals surface area contributed by atoms with E-state index in [9.17, 15) is 4.79 Å². The molecule has 0 saturated carbocycles. The number of hydrogen-bond donors (Lipinski definition) is 1. The SMILES string of the molecule is CCOC(=O)c1cccc(NCc2ccc(C)nc2)c1. The van der Waals surface area contributed by atoms with Gasteiger partial charge in [0.25, 0.3) is 0 Å². The number of hydrogen-bond acceptors (Lipinski definition) is 4. The van der Waals surface area contributed by atoms with Crippen molar-refractivity contribution in [2.24, 2.45) is 0 Å². The molecule has 1 aromatic carbocycles. The standard InChI is InChI=1S/C16H18N2O2/c1-3-20-16(19)14-5-4-6-15(9-14)18-11-13-8-7-12(2)17-10-13/h4-10,18H,3,11H2,1-2H3. The molecule has 0 aliphatic rings. The van der Waals surface area contributed by atoms with Gasteiger partial charge in [0.15, 0.2) is 0 Å². The highest BCUT2D eigenvalue weighted by atomic mass is 16.5. The lowest BCUT2D eigenvalue weighted by Crippen LogP contribution is -2.06. The molecule has 0 bridgehead atoms. The van der Waals surface area contributed by atoms with Gasteiger partial charge >= 0.3 is 5.97 Å². The van der Waals surface area contributed by atoms with E-state index in [4.69, 9.17) is 4.74 Å². The number of esters is 1. The lowest BCUT2D eigenvalue weighted by molar-refractivity contribution is 0.0526. The second kappa shape index (κ2) is 6.70. The van der Waals surface area contributed by atoms with Crippen molar-refractivity contribution in [1.29, 1.82) is 0 Å². The van der Waals surface area contributed by atoms with Crippen molar-refractivity contribution >= 4 is 11.7 Å². The van der Waals surface area contributed by atoms with E-state index < -0.39 is 0 Å². The summed E-state index contributed by atoms with van der Waals surface area (Å²) >= 11 is 0. The Labute approximate surface area is 118 Å². The topological polar surface area (TPSA) is 51.2 Å². The fraction of sp³-hybridized carbons (Fsp3) is 0.250. The third kappa shape index (κ3) is 3.82. The molecule has 0 unspecified atom stereocenters. The second-order valence-corrected chi connectivity index (χ2v) is 4.46. The van der Waals surface area contributed by atoms with Gasteiger partial charge in [-0.25, -0.2) is 4.79 Å². The van der Waals surface area contributed by atoms with Crippen molar-refractivity contribution in [1.82, 2.24) is 4.98 Å². The first-order chi connectivity index (χ1) is 9.69. The Bertz CT molecular complexity index is 579. The van der Waals surface area contributed by atoms with Gasteiger partial charge in [-0.3, -0.25) is 4.98 Å². The summed E-state index contributed by atoms with van der Waals surface area (Å²) in [6.45, 7) is 4.80. The first kappa shape index (κ1) is 14.1. The van der Waals surface area contributed by atoms with Gasteiger partial charge in [0.2, 0.25) is 0 Å². The first-order valence-corrected chi connectivity index (χ1v) is 6.61. The fourth-order valence-electron chi connectivity index (χ4n) is 1.78. The molecule has 0 spiro atoms. The number of rotatable bonds is 5. The normalized spacial score (nSPS) is 10.1. The Kier molecular flexibility index (Phi) is 4.71. The molecule has 1 N–H and O–H groups in total. The third-order valence-electron chi connectivity index (χ3n) is 2.84. The maximum Gasteiger partial charge on any atom is 0.338 e. The van der Waals surface area contributed by atoms with Gasteiger partial charge in [0.1, 0.15) is 0 Å². The van der Waals surface area contributed by atoms with Crippen LogP contribution in [0, 0.1) is 6.92 Å². The molecule has 0 radical (unpaired) electrons. The molecule has 0 amide bonds. The van der Waals surface area contributed by atoms with Crippen molar-refractivity contribution < 1.29 is 9.53 Å². The molecule has 0 aliphatic carbocycles. The van der Waals surface area contributed by atoms with E-state index in [1.54, 1.807) is 19.1 Å². The number of nitrogens with one attached hydrogen (secondary N) is 1. The van der Waals surface area contributed by atoms with Crippen LogP contribution < -0.4 is 5.32 Å². The van der Waals surface area contributed by atoms with Crippen LogP contribution in [0.5, 0.6) is 0 Å². The predicted octanol–water partition coefficient (Wildman–Crippen LogP) is 3.18. The molecule has 104 valence electrons. The minimum absolute atomic E-state index is 0.298. The van der Waals surface area contributed by atoms with E-state index in [-0.39, 0.29) is 5.97 Å². The number of ether oxygens (including phenoxy) is 1. The van der Waals surface area contributed by atoms with Gasteiger partial charge in [0, 0.05) is 24.1 Å². The molecule has 4 heteroatoms. The van der Waals surface area contributed by atoms with Crippen LogP contribution in [0.1, 0.15) is 28.5 Å². The van der Waals surface area contributed by atoms with Crippen LogP contribution in [0.4, 0.5) is 5.69 Å². The van der Waals surface area contributed by atoms with Gasteiger partial charge in [0.05, 0.1) is 12.2 Å². The third-order valence-corrected chi connectivity index (χ3v) is 2.84. The van der Waals surface area contributed by atoms with Crippen molar-refractivity contribution in [3.63, 3.8) is 0 Å². The van der Waals surface area contributed by atoms with E-state index >= 15 is 0 Å². The van der Waals surface area contributed by atoms with Crippen LogP contribution in [0.2, 0.25) is 0 Å². The lowest BCUT2D eigenvalue weighted by Gasteiger charge is -2.08. The van der Waals surface area contributed by atoms with Crippen LogP contribution in [-0.2, 0) is 11.3 Å². The van der Waals surface area contributed by atoms with Gasteiger partial charge in [-0.1, -0.05) is 12.1 Å². The highest BCUT2D eigenvalue weighted by molar-refractivity contribution is 5.90. The maximum absolute atomic E-state index is 11.6. The summed E-state index contributed by atoms with van der Waals surface area (Å²) in [6.07, 6.45) is 1.84. The number of carbonyl (C=O) groups excluding carboxylic acids is 1. The minimum atomic E-state index is -0.298. The maximum atomic E-state index is 11.6. The zero-order valence-corrected chi connectivity index (χ0v) is 11.7. The van der Waals surface area contributed by atoms with Crippen molar-refractivity contribution in [3.05, 3.63) is 59.4 Å². The molecule has 1 heterocycles. The molecular formula is C16H18N2O2. The second-order valence-electron chi connectivity index (χ2n) is 4.46.